The van der Waals surface area contributed by atoms with E-state index < -0.39 is 0 Å². The van der Waals surface area contributed by atoms with Gasteiger partial charge < -0.3 is 19.6 Å². The molecule has 0 bridgehead atoms. The van der Waals surface area contributed by atoms with Crippen molar-refractivity contribution in [2.45, 2.75) is 6.10 Å². The van der Waals surface area contributed by atoms with Gasteiger partial charge in [-0.25, -0.2) is 0 Å². The van der Waals surface area contributed by atoms with Crippen LogP contribution in [0.3, 0.4) is 0 Å². The summed E-state index contributed by atoms with van der Waals surface area (Å²) in [5, 5.41) is 7.13. The van der Waals surface area contributed by atoms with Crippen molar-refractivity contribution in [2.24, 2.45) is 0 Å². The maximum absolute atomic E-state index is 5.53. The van der Waals surface area contributed by atoms with Crippen molar-refractivity contribution >= 4 is 0 Å². The summed E-state index contributed by atoms with van der Waals surface area (Å²) in [6.45, 7) is 2.26. The molecule has 6 heteroatoms. The lowest BCUT2D eigenvalue weighted by Crippen LogP contribution is -2.33. The molecule has 2 N–H and O–H groups in total. The Morgan fingerprint density at radius 3 is 3.19 bits per heavy atom. The molecular formula is C10H12N4O2. The average Bonchev–Trinajstić information content (AvgIpc) is 3.01. The molecule has 1 aliphatic heterocycles. The van der Waals surface area contributed by atoms with Gasteiger partial charge in [0.05, 0.1) is 12.3 Å². The van der Waals surface area contributed by atoms with Gasteiger partial charge in [-0.1, -0.05) is 5.16 Å². The highest BCUT2D eigenvalue weighted by Crippen LogP contribution is 2.20. The van der Waals surface area contributed by atoms with E-state index in [1.807, 2.05) is 18.3 Å². The summed E-state index contributed by atoms with van der Waals surface area (Å²) in [5.41, 5.74) is 0.846. The van der Waals surface area contributed by atoms with Crippen molar-refractivity contribution in [3.8, 4) is 11.5 Å². The Bertz CT molecular complexity index is 445. The summed E-state index contributed by atoms with van der Waals surface area (Å²) >= 11 is 0. The molecule has 3 heterocycles. The van der Waals surface area contributed by atoms with Crippen molar-refractivity contribution in [1.29, 1.82) is 0 Å². The third-order valence-electron chi connectivity index (χ3n) is 2.48. The minimum Gasteiger partial charge on any atom is -0.366 e. The third kappa shape index (κ3) is 1.72. The Labute approximate surface area is 92.0 Å². The Morgan fingerprint density at radius 2 is 2.44 bits per heavy atom. The fraction of sp³-hybridized carbons (Fsp3) is 0.400. The number of nitrogens with one attached hydrogen (secondary N) is 2. The number of ether oxygens (including phenoxy) is 1. The summed E-state index contributed by atoms with van der Waals surface area (Å²) in [7, 11) is 0. The first-order chi connectivity index (χ1) is 7.93. The summed E-state index contributed by atoms with van der Waals surface area (Å²) in [6.07, 6.45) is 1.69. The molecule has 16 heavy (non-hydrogen) atoms. The van der Waals surface area contributed by atoms with Crippen LogP contribution in [0, 0.1) is 0 Å². The lowest BCUT2D eigenvalue weighted by atomic mass is 10.3. The molecular weight excluding hydrogens is 208 g/mol. The zero-order valence-corrected chi connectivity index (χ0v) is 8.64. The highest BCUT2D eigenvalue weighted by atomic mass is 16.5. The van der Waals surface area contributed by atoms with E-state index in [0.717, 1.165) is 12.2 Å². The predicted octanol–water partition coefficient (Wildman–Crippen LogP) is 0.726. The monoisotopic (exact) mass is 220 g/mol. The van der Waals surface area contributed by atoms with Gasteiger partial charge in [0.15, 0.2) is 0 Å². The Balaban J connectivity index is 1.82. The molecule has 1 aliphatic rings. The molecule has 2 aromatic rings. The normalized spacial score (nSPS) is 21.1. The third-order valence-corrected chi connectivity index (χ3v) is 2.48. The van der Waals surface area contributed by atoms with E-state index in [9.17, 15) is 0 Å². The molecule has 0 radical (unpaired) electrons. The first-order valence-corrected chi connectivity index (χ1v) is 5.23. The molecule has 1 saturated heterocycles. The molecule has 0 spiro atoms. The van der Waals surface area contributed by atoms with Gasteiger partial charge in [0, 0.05) is 19.3 Å². The predicted molar refractivity (Wildman–Crippen MR) is 55.6 cm³/mol. The van der Waals surface area contributed by atoms with Crippen molar-refractivity contribution < 1.29 is 9.26 Å². The Kier molecular flexibility index (Phi) is 2.43. The van der Waals surface area contributed by atoms with E-state index in [4.69, 9.17) is 9.26 Å². The van der Waals surface area contributed by atoms with E-state index in [1.54, 1.807) is 0 Å². The van der Waals surface area contributed by atoms with Gasteiger partial charge in [0.2, 0.25) is 5.82 Å². The van der Waals surface area contributed by atoms with E-state index in [1.165, 1.54) is 0 Å². The minimum atomic E-state index is -0.134. The van der Waals surface area contributed by atoms with Crippen LogP contribution in [-0.4, -0.2) is 34.8 Å². The van der Waals surface area contributed by atoms with Crippen LogP contribution in [0.25, 0.3) is 11.5 Å². The van der Waals surface area contributed by atoms with Crippen LogP contribution in [0.4, 0.5) is 0 Å². The molecule has 1 atom stereocenters. The zero-order chi connectivity index (χ0) is 10.8. The van der Waals surface area contributed by atoms with Crippen LogP contribution < -0.4 is 5.32 Å². The van der Waals surface area contributed by atoms with Crippen molar-refractivity contribution in [3.05, 3.63) is 24.2 Å². The van der Waals surface area contributed by atoms with Gasteiger partial charge in [-0.3, -0.25) is 0 Å². The van der Waals surface area contributed by atoms with Gasteiger partial charge in [0.1, 0.15) is 6.10 Å². The number of aromatic amines is 1. The van der Waals surface area contributed by atoms with Crippen LogP contribution in [0.15, 0.2) is 22.9 Å². The van der Waals surface area contributed by atoms with Gasteiger partial charge >= 0.3 is 0 Å². The van der Waals surface area contributed by atoms with E-state index in [-0.39, 0.29) is 6.10 Å². The molecule has 3 rings (SSSR count). The second kappa shape index (κ2) is 4.07. The smallest absolute Gasteiger partial charge is 0.257 e. The largest absolute Gasteiger partial charge is 0.366 e. The Morgan fingerprint density at radius 1 is 1.44 bits per heavy atom. The second-order valence-corrected chi connectivity index (χ2v) is 3.60. The standard InChI is InChI=1S/C10H12N4O2/c1-2-7(12-3-1)9-13-10(16-14-9)8-6-11-4-5-15-8/h1-3,8,11-12H,4-6H2. The molecule has 0 aromatic carbocycles. The number of H-pyrrole nitrogens is 1. The van der Waals surface area contributed by atoms with E-state index >= 15 is 0 Å². The Hall–Kier alpha value is -1.66. The molecule has 6 nitrogen and oxygen atoms in total. The van der Waals surface area contributed by atoms with Gasteiger partial charge in [-0.05, 0) is 12.1 Å². The lowest BCUT2D eigenvalue weighted by molar-refractivity contribution is 0.00755. The molecule has 0 saturated carbocycles. The average molecular weight is 220 g/mol. The van der Waals surface area contributed by atoms with Crippen molar-refractivity contribution in [1.82, 2.24) is 20.4 Å². The van der Waals surface area contributed by atoms with Crippen LogP contribution in [0.2, 0.25) is 0 Å². The van der Waals surface area contributed by atoms with Gasteiger partial charge in [-0.15, -0.1) is 0 Å². The molecule has 1 fully saturated rings. The quantitative estimate of drug-likeness (QED) is 0.780. The minimum absolute atomic E-state index is 0.134. The lowest BCUT2D eigenvalue weighted by Gasteiger charge is -2.19. The summed E-state index contributed by atoms with van der Waals surface area (Å²) in [4.78, 5) is 7.33. The number of rotatable bonds is 2. The van der Waals surface area contributed by atoms with E-state index in [2.05, 4.69) is 20.4 Å². The maximum Gasteiger partial charge on any atom is 0.257 e. The maximum atomic E-state index is 5.53. The number of hydrogen-bond donors (Lipinski definition) is 2. The molecule has 0 aliphatic carbocycles. The highest BCUT2D eigenvalue weighted by molar-refractivity contribution is 5.47. The molecule has 2 aromatic heterocycles. The number of aromatic nitrogens is 3. The molecule has 84 valence electrons. The number of hydrogen-bond acceptors (Lipinski definition) is 5. The first-order valence-electron chi connectivity index (χ1n) is 5.23. The SMILES string of the molecule is c1c[nH]c(-c2noc(C3CNCCO3)n2)c1. The zero-order valence-electron chi connectivity index (χ0n) is 8.64. The fourth-order valence-electron chi connectivity index (χ4n) is 1.67. The summed E-state index contributed by atoms with van der Waals surface area (Å²) < 4.78 is 10.7. The van der Waals surface area contributed by atoms with Crippen LogP contribution in [0.5, 0.6) is 0 Å². The molecule has 1 unspecified atom stereocenters. The molecule has 0 amide bonds. The number of nitrogens with zero attached hydrogens (tertiary/aromatic N) is 2. The van der Waals surface area contributed by atoms with Crippen molar-refractivity contribution in [2.75, 3.05) is 19.7 Å². The number of morpholine rings is 1. The highest BCUT2D eigenvalue weighted by Gasteiger charge is 2.22. The van der Waals surface area contributed by atoms with Crippen LogP contribution in [0.1, 0.15) is 12.0 Å². The summed E-state index contributed by atoms with van der Waals surface area (Å²) in [5.74, 6) is 1.09. The first kappa shape index (κ1) is 9.56. The van der Waals surface area contributed by atoms with Crippen LogP contribution >= 0.6 is 0 Å². The fourth-order valence-corrected chi connectivity index (χ4v) is 1.67. The van der Waals surface area contributed by atoms with Gasteiger partial charge in [-0.2, -0.15) is 4.98 Å². The summed E-state index contributed by atoms with van der Waals surface area (Å²) in [6, 6.07) is 3.79. The van der Waals surface area contributed by atoms with E-state index in [0.29, 0.717) is 24.9 Å². The van der Waals surface area contributed by atoms with Crippen LogP contribution in [-0.2, 0) is 4.74 Å². The second-order valence-electron chi connectivity index (χ2n) is 3.60. The van der Waals surface area contributed by atoms with Gasteiger partial charge in [0.25, 0.3) is 5.89 Å². The van der Waals surface area contributed by atoms with Crippen molar-refractivity contribution in [3.63, 3.8) is 0 Å². The topological polar surface area (TPSA) is 76.0 Å².